The standard InChI is InChI=1S/C11H12ClN3O/c1-7(12)11(16)14-8-3-4-9-10(5-8)15(2)6-13-9/h3-7H,1-2H3,(H,14,16). The van der Waals surface area contributed by atoms with Crippen LogP contribution in [0.5, 0.6) is 0 Å². The summed E-state index contributed by atoms with van der Waals surface area (Å²) >= 11 is 5.68. The zero-order chi connectivity index (χ0) is 11.7. The molecule has 0 aliphatic carbocycles. The monoisotopic (exact) mass is 237 g/mol. The number of halogens is 1. The predicted octanol–water partition coefficient (Wildman–Crippen LogP) is 2.14. The molecule has 1 aromatic carbocycles. The number of fused-ring (bicyclic) bond motifs is 1. The molecule has 0 saturated carbocycles. The molecular weight excluding hydrogens is 226 g/mol. The molecule has 84 valence electrons. The van der Waals surface area contributed by atoms with Crippen molar-refractivity contribution in [1.82, 2.24) is 9.55 Å². The quantitative estimate of drug-likeness (QED) is 0.814. The van der Waals surface area contributed by atoms with Gasteiger partial charge in [0.25, 0.3) is 0 Å². The molecule has 5 heteroatoms. The molecule has 1 heterocycles. The largest absolute Gasteiger partial charge is 0.334 e. The number of aromatic nitrogens is 2. The minimum Gasteiger partial charge on any atom is -0.334 e. The Balaban J connectivity index is 2.32. The first-order valence-corrected chi connectivity index (χ1v) is 5.37. The van der Waals surface area contributed by atoms with E-state index in [0.29, 0.717) is 0 Å². The number of amides is 1. The van der Waals surface area contributed by atoms with Crippen molar-refractivity contribution >= 4 is 34.2 Å². The summed E-state index contributed by atoms with van der Waals surface area (Å²) in [6.45, 7) is 1.64. The third kappa shape index (κ3) is 2.02. The van der Waals surface area contributed by atoms with E-state index >= 15 is 0 Å². The van der Waals surface area contributed by atoms with Crippen LogP contribution in [0.15, 0.2) is 24.5 Å². The highest BCUT2D eigenvalue weighted by atomic mass is 35.5. The number of aryl methyl sites for hydroxylation is 1. The van der Waals surface area contributed by atoms with E-state index in [2.05, 4.69) is 10.3 Å². The molecule has 1 unspecified atom stereocenters. The van der Waals surface area contributed by atoms with Crippen LogP contribution in [-0.2, 0) is 11.8 Å². The molecular formula is C11H12ClN3O. The summed E-state index contributed by atoms with van der Waals surface area (Å²) in [5.74, 6) is -0.205. The van der Waals surface area contributed by atoms with Crippen molar-refractivity contribution in [2.75, 3.05) is 5.32 Å². The van der Waals surface area contributed by atoms with Crippen LogP contribution in [0.3, 0.4) is 0 Å². The Morgan fingerprint density at radius 1 is 1.56 bits per heavy atom. The normalized spacial score (nSPS) is 12.7. The van der Waals surface area contributed by atoms with E-state index in [9.17, 15) is 4.79 Å². The van der Waals surface area contributed by atoms with Crippen molar-refractivity contribution < 1.29 is 4.79 Å². The van der Waals surface area contributed by atoms with Gasteiger partial charge in [0, 0.05) is 12.7 Å². The van der Waals surface area contributed by atoms with Crippen LogP contribution >= 0.6 is 11.6 Å². The van der Waals surface area contributed by atoms with Crippen molar-refractivity contribution in [3.8, 4) is 0 Å². The number of imidazole rings is 1. The lowest BCUT2D eigenvalue weighted by Gasteiger charge is -2.06. The molecule has 0 aliphatic heterocycles. The van der Waals surface area contributed by atoms with E-state index in [1.54, 1.807) is 13.3 Å². The van der Waals surface area contributed by atoms with Gasteiger partial charge in [0.05, 0.1) is 17.4 Å². The molecule has 2 aromatic rings. The molecule has 0 aliphatic rings. The molecule has 0 spiro atoms. The maximum absolute atomic E-state index is 11.4. The minimum atomic E-state index is -0.540. The summed E-state index contributed by atoms with van der Waals surface area (Å²) in [7, 11) is 1.91. The first-order chi connectivity index (χ1) is 7.58. The summed E-state index contributed by atoms with van der Waals surface area (Å²) in [4.78, 5) is 15.6. The average molecular weight is 238 g/mol. The SMILES string of the molecule is CC(Cl)C(=O)Nc1ccc2ncn(C)c2c1. The highest BCUT2D eigenvalue weighted by Gasteiger charge is 2.09. The van der Waals surface area contributed by atoms with Crippen LogP contribution in [0.25, 0.3) is 11.0 Å². The molecule has 1 aromatic heterocycles. The Hall–Kier alpha value is -1.55. The molecule has 16 heavy (non-hydrogen) atoms. The van der Waals surface area contributed by atoms with Crippen LogP contribution in [0.2, 0.25) is 0 Å². The molecule has 1 atom stereocenters. The maximum atomic E-state index is 11.4. The molecule has 4 nitrogen and oxygen atoms in total. The first-order valence-electron chi connectivity index (χ1n) is 4.94. The van der Waals surface area contributed by atoms with Crippen LogP contribution in [0, 0.1) is 0 Å². The van der Waals surface area contributed by atoms with E-state index in [1.807, 2.05) is 29.8 Å². The zero-order valence-electron chi connectivity index (χ0n) is 9.07. The minimum absolute atomic E-state index is 0.205. The summed E-state index contributed by atoms with van der Waals surface area (Å²) in [5.41, 5.74) is 2.60. The third-order valence-electron chi connectivity index (χ3n) is 2.35. The second kappa shape index (κ2) is 4.14. The number of nitrogens with one attached hydrogen (secondary N) is 1. The number of hydrogen-bond acceptors (Lipinski definition) is 2. The van der Waals surface area contributed by atoms with Crippen LogP contribution in [-0.4, -0.2) is 20.8 Å². The Labute approximate surface area is 98.2 Å². The fraction of sp³-hybridized carbons (Fsp3) is 0.273. The molecule has 0 bridgehead atoms. The van der Waals surface area contributed by atoms with Crippen molar-refractivity contribution in [2.24, 2.45) is 7.05 Å². The van der Waals surface area contributed by atoms with Crippen molar-refractivity contribution in [2.45, 2.75) is 12.3 Å². The van der Waals surface area contributed by atoms with E-state index in [-0.39, 0.29) is 5.91 Å². The Morgan fingerprint density at radius 3 is 3.00 bits per heavy atom. The van der Waals surface area contributed by atoms with E-state index in [0.717, 1.165) is 16.7 Å². The van der Waals surface area contributed by atoms with Crippen LogP contribution < -0.4 is 5.32 Å². The van der Waals surface area contributed by atoms with E-state index < -0.39 is 5.38 Å². The Kier molecular flexibility index (Phi) is 2.83. The smallest absolute Gasteiger partial charge is 0.242 e. The molecule has 0 saturated heterocycles. The second-order valence-corrected chi connectivity index (χ2v) is 4.32. The highest BCUT2D eigenvalue weighted by molar-refractivity contribution is 6.32. The van der Waals surface area contributed by atoms with Gasteiger partial charge < -0.3 is 9.88 Å². The van der Waals surface area contributed by atoms with Gasteiger partial charge in [-0.1, -0.05) is 0 Å². The molecule has 1 amide bonds. The van der Waals surface area contributed by atoms with Crippen molar-refractivity contribution in [1.29, 1.82) is 0 Å². The van der Waals surface area contributed by atoms with Gasteiger partial charge in [-0.05, 0) is 25.1 Å². The van der Waals surface area contributed by atoms with Crippen LogP contribution in [0.4, 0.5) is 5.69 Å². The Bertz CT molecular complexity index is 533. The van der Waals surface area contributed by atoms with E-state index in [4.69, 9.17) is 11.6 Å². The lowest BCUT2D eigenvalue weighted by molar-refractivity contribution is -0.115. The van der Waals surface area contributed by atoms with Gasteiger partial charge in [-0.15, -0.1) is 11.6 Å². The summed E-state index contributed by atoms with van der Waals surface area (Å²) < 4.78 is 1.90. The van der Waals surface area contributed by atoms with Gasteiger partial charge in [-0.2, -0.15) is 0 Å². The fourth-order valence-corrected chi connectivity index (χ4v) is 1.50. The summed E-state index contributed by atoms with van der Waals surface area (Å²) in [6, 6.07) is 5.55. The fourth-order valence-electron chi connectivity index (χ4n) is 1.45. The van der Waals surface area contributed by atoms with Crippen molar-refractivity contribution in [3.63, 3.8) is 0 Å². The third-order valence-corrected chi connectivity index (χ3v) is 2.55. The van der Waals surface area contributed by atoms with Gasteiger partial charge in [-0.3, -0.25) is 4.79 Å². The number of anilines is 1. The molecule has 1 N–H and O–H groups in total. The van der Waals surface area contributed by atoms with Crippen molar-refractivity contribution in [3.05, 3.63) is 24.5 Å². The van der Waals surface area contributed by atoms with E-state index in [1.165, 1.54) is 0 Å². The number of rotatable bonds is 2. The van der Waals surface area contributed by atoms with Gasteiger partial charge in [0.15, 0.2) is 0 Å². The van der Waals surface area contributed by atoms with Gasteiger partial charge in [-0.25, -0.2) is 4.98 Å². The van der Waals surface area contributed by atoms with Gasteiger partial charge in [0.2, 0.25) is 5.91 Å². The number of benzene rings is 1. The zero-order valence-corrected chi connectivity index (χ0v) is 9.82. The number of carbonyl (C=O) groups excluding carboxylic acids is 1. The number of hydrogen-bond donors (Lipinski definition) is 1. The highest BCUT2D eigenvalue weighted by Crippen LogP contribution is 2.17. The first kappa shape index (κ1) is 11.0. The maximum Gasteiger partial charge on any atom is 0.242 e. The molecule has 2 rings (SSSR count). The van der Waals surface area contributed by atoms with Crippen LogP contribution in [0.1, 0.15) is 6.92 Å². The number of carbonyl (C=O) groups is 1. The Morgan fingerprint density at radius 2 is 2.31 bits per heavy atom. The number of nitrogens with zero attached hydrogens (tertiary/aromatic N) is 2. The van der Waals surface area contributed by atoms with Gasteiger partial charge in [0.1, 0.15) is 5.38 Å². The molecule has 0 fully saturated rings. The summed E-state index contributed by atoms with van der Waals surface area (Å²) in [6.07, 6.45) is 1.74. The lowest BCUT2D eigenvalue weighted by atomic mass is 10.2. The van der Waals surface area contributed by atoms with Gasteiger partial charge >= 0.3 is 0 Å². The average Bonchev–Trinajstić information content (AvgIpc) is 2.60. The second-order valence-electron chi connectivity index (χ2n) is 3.66. The molecule has 0 radical (unpaired) electrons. The number of alkyl halides is 1. The predicted molar refractivity (Wildman–Crippen MR) is 64.7 cm³/mol. The topological polar surface area (TPSA) is 46.9 Å². The lowest BCUT2D eigenvalue weighted by Crippen LogP contribution is -2.20. The summed E-state index contributed by atoms with van der Waals surface area (Å²) in [5, 5.41) is 2.20.